The van der Waals surface area contributed by atoms with Gasteiger partial charge in [0, 0.05) is 18.1 Å². The second-order valence-electron chi connectivity index (χ2n) is 4.52. The minimum Gasteiger partial charge on any atom is -0.301 e. The van der Waals surface area contributed by atoms with Gasteiger partial charge in [-0.25, -0.2) is 4.98 Å². The molecule has 0 aliphatic carbocycles. The Morgan fingerprint density at radius 3 is 2.67 bits per heavy atom. The van der Waals surface area contributed by atoms with E-state index in [4.69, 9.17) is 0 Å². The first kappa shape index (κ1) is 15.7. The fourth-order valence-electron chi connectivity index (χ4n) is 1.57. The molecular weight excluding hydrogens is 304 g/mol. The zero-order chi connectivity index (χ0) is 15.2. The van der Waals surface area contributed by atoms with Crippen LogP contribution in [0.15, 0.2) is 35.7 Å². The molecule has 4 nitrogen and oxygen atoms in total. The molecular formula is C15H16N2O2S2. The Kier molecular flexibility index (Phi) is 5.52. The number of nitrogens with one attached hydrogen (secondary N) is 1. The molecule has 0 radical (unpaired) electrons. The summed E-state index contributed by atoms with van der Waals surface area (Å²) in [7, 11) is 0. The van der Waals surface area contributed by atoms with Crippen LogP contribution < -0.4 is 5.32 Å². The van der Waals surface area contributed by atoms with Gasteiger partial charge in [-0.15, -0.1) is 23.1 Å². The molecule has 0 bridgehead atoms. The molecule has 0 fully saturated rings. The third kappa shape index (κ3) is 4.68. The molecule has 1 heterocycles. The molecule has 1 N–H and O–H groups in total. The number of benzene rings is 1. The highest BCUT2D eigenvalue weighted by atomic mass is 32.2. The van der Waals surface area contributed by atoms with Crippen LogP contribution in [0.3, 0.4) is 0 Å². The summed E-state index contributed by atoms with van der Waals surface area (Å²) in [6, 6.07) is 10.0. The highest BCUT2D eigenvalue weighted by molar-refractivity contribution is 7.99. The standard InChI is InChI=1S/C15H16N2O2S2/c1-10(18)13-9-21-15(16-13)17-14(19)11(2)20-8-12-6-4-3-5-7-12/h3-7,9,11H,8H2,1-2H3,(H,16,17,19)/t11-/m0/s1. The summed E-state index contributed by atoms with van der Waals surface area (Å²) in [6.45, 7) is 3.32. The van der Waals surface area contributed by atoms with E-state index in [1.54, 1.807) is 17.1 Å². The van der Waals surface area contributed by atoms with E-state index in [2.05, 4.69) is 10.3 Å². The zero-order valence-electron chi connectivity index (χ0n) is 11.8. The number of Topliss-reactive ketones (excluding diaryl/α,β-unsaturated/α-hetero) is 1. The molecule has 1 aromatic heterocycles. The third-order valence-corrected chi connectivity index (χ3v) is 4.78. The molecule has 1 aromatic carbocycles. The number of ketones is 1. The summed E-state index contributed by atoms with van der Waals surface area (Å²) in [5, 5.41) is 4.69. The minimum atomic E-state index is -0.185. The van der Waals surface area contributed by atoms with E-state index in [0.717, 1.165) is 5.75 Å². The topological polar surface area (TPSA) is 59.1 Å². The molecule has 2 aromatic rings. The van der Waals surface area contributed by atoms with Crippen molar-refractivity contribution in [2.75, 3.05) is 5.32 Å². The van der Waals surface area contributed by atoms with Crippen LogP contribution in [-0.2, 0) is 10.5 Å². The lowest BCUT2D eigenvalue weighted by molar-refractivity contribution is -0.115. The fourth-order valence-corrected chi connectivity index (χ4v) is 3.17. The number of thioether (sulfide) groups is 1. The van der Waals surface area contributed by atoms with Gasteiger partial charge in [0.15, 0.2) is 10.9 Å². The SMILES string of the molecule is CC(=O)c1csc(NC(=O)[C@H](C)SCc2ccccc2)n1. The number of amides is 1. The van der Waals surface area contributed by atoms with Gasteiger partial charge >= 0.3 is 0 Å². The van der Waals surface area contributed by atoms with Crippen LogP contribution in [-0.4, -0.2) is 21.9 Å². The molecule has 21 heavy (non-hydrogen) atoms. The molecule has 0 spiro atoms. The maximum absolute atomic E-state index is 12.1. The first-order valence-corrected chi connectivity index (χ1v) is 8.42. The van der Waals surface area contributed by atoms with Gasteiger partial charge in [0.25, 0.3) is 0 Å². The van der Waals surface area contributed by atoms with E-state index in [1.165, 1.54) is 23.8 Å². The Balaban J connectivity index is 1.85. The Morgan fingerprint density at radius 2 is 2.05 bits per heavy atom. The number of rotatable bonds is 6. The van der Waals surface area contributed by atoms with Crippen molar-refractivity contribution in [3.05, 3.63) is 47.0 Å². The van der Waals surface area contributed by atoms with E-state index in [0.29, 0.717) is 10.8 Å². The molecule has 6 heteroatoms. The van der Waals surface area contributed by atoms with Gasteiger partial charge in [0.05, 0.1) is 5.25 Å². The first-order valence-electron chi connectivity index (χ1n) is 6.49. The molecule has 0 saturated carbocycles. The second kappa shape index (κ2) is 7.38. The van der Waals surface area contributed by atoms with E-state index in [1.807, 2.05) is 37.3 Å². The first-order chi connectivity index (χ1) is 10.1. The number of carbonyl (C=O) groups is 2. The lowest BCUT2D eigenvalue weighted by Crippen LogP contribution is -2.22. The van der Waals surface area contributed by atoms with Gasteiger partial charge in [-0.3, -0.25) is 9.59 Å². The van der Waals surface area contributed by atoms with Gasteiger partial charge < -0.3 is 5.32 Å². The second-order valence-corrected chi connectivity index (χ2v) is 6.71. The molecule has 0 aliphatic rings. The van der Waals surface area contributed by atoms with Crippen LogP contribution in [0.4, 0.5) is 5.13 Å². The van der Waals surface area contributed by atoms with Crippen molar-refractivity contribution in [3.8, 4) is 0 Å². The number of anilines is 1. The molecule has 110 valence electrons. The molecule has 2 rings (SSSR count). The molecule has 0 aliphatic heterocycles. The minimum absolute atomic E-state index is 0.0969. The Morgan fingerprint density at radius 1 is 1.33 bits per heavy atom. The van der Waals surface area contributed by atoms with Crippen LogP contribution in [0.2, 0.25) is 0 Å². The van der Waals surface area contributed by atoms with Crippen molar-refractivity contribution in [2.24, 2.45) is 0 Å². The zero-order valence-corrected chi connectivity index (χ0v) is 13.5. The van der Waals surface area contributed by atoms with Gasteiger partial charge in [0.1, 0.15) is 5.69 Å². The van der Waals surface area contributed by atoms with Crippen molar-refractivity contribution in [3.63, 3.8) is 0 Å². The van der Waals surface area contributed by atoms with Gasteiger partial charge in [0.2, 0.25) is 5.91 Å². The summed E-state index contributed by atoms with van der Waals surface area (Å²) in [5.74, 6) is 0.588. The van der Waals surface area contributed by atoms with Crippen molar-refractivity contribution in [1.29, 1.82) is 0 Å². The van der Waals surface area contributed by atoms with E-state index >= 15 is 0 Å². The van der Waals surface area contributed by atoms with Crippen molar-refractivity contribution in [1.82, 2.24) is 4.98 Å². The quantitative estimate of drug-likeness (QED) is 0.826. The van der Waals surface area contributed by atoms with Crippen LogP contribution in [0.5, 0.6) is 0 Å². The molecule has 1 atom stereocenters. The molecule has 1 amide bonds. The Hall–Kier alpha value is -1.66. The van der Waals surface area contributed by atoms with Crippen LogP contribution in [0.25, 0.3) is 0 Å². The normalized spacial score (nSPS) is 11.9. The fraction of sp³-hybridized carbons (Fsp3) is 0.267. The number of carbonyl (C=O) groups excluding carboxylic acids is 2. The van der Waals surface area contributed by atoms with Crippen molar-refractivity contribution < 1.29 is 9.59 Å². The highest BCUT2D eigenvalue weighted by Crippen LogP contribution is 2.21. The molecule has 0 saturated heterocycles. The summed E-state index contributed by atoms with van der Waals surface area (Å²) in [5.41, 5.74) is 1.58. The number of thiazole rings is 1. The van der Waals surface area contributed by atoms with Crippen LogP contribution in [0.1, 0.15) is 29.9 Å². The summed E-state index contributed by atoms with van der Waals surface area (Å²) in [6.07, 6.45) is 0. The van der Waals surface area contributed by atoms with Crippen molar-refractivity contribution in [2.45, 2.75) is 24.9 Å². The van der Waals surface area contributed by atoms with Gasteiger partial charge in [-0.2, -0.15) is 0 Å². The third-order valence-electron chi connectivity index (χ3n) is 2.81. The summed E-state index contributed by atoms with van der Waals surface area (Å²) in [4.78, 5) is 27.3. The average Bonchev–Trinajstić information content (AvgIpc) is 2.94. The number of aromatic nitrogens is 1. The Bertz CT molecular complexity index is 626. The largest absolute Gasteiger partial charge is 0.301 e. The van der Waals surface area contributed by atoms with Crippen LogP contribution in [0, 0.1) is 0 Å². The molecule has 0 unspecified atom stereocenters. The summed E-state index contributed by atoms with van der Waals surface area (Å²) >= 11 is 2.83. The predicted molar refractivity (Wildman–Crippen MR) is 87.9 cm³/mol. The summed E-state index contributed by atoms with van der Waals surface area (Å²) < 4.78 is 0. The highest BCUT2D eigenvalue weighted by Gasteiger charge is 2.15. The number of nitrogens with zero attached hydrogens (tertiary/aromatic N) is 1. The lowest BCUT2D eigenvalue weighted by atomic mass is 10.2. The number of hydrogen-bond acceptors (Lipinski definition) is 5. The van der Waals surface area contributed by atoms with Crippen molar-refractivity contribution >= 4 is 39.9 Å². The van der Waals surface area contributed by atoms with E-state index in [-0.39, 0.29) is 16.9 Å². The maximum atomic E-state index is 12.1. The smallest absolute Gasteiger partial charge is 0.238 e. The van der Waals surface area contributed by atoms with Gasteiger partial charge in [-0.05, 0) is 12.5 Å². The number of hydrogen-bond donors (Lipinski definition) is 1. The average molecular weight is 320 g/mol. The lowest BCUT2D eigenvalue weighted by Gasteiger charge is -2.10. The van der Waals surface area contributed by atoms with E-state index in [9.17, 15) is 9.59 Å². The van der Waals surface area contributed by atoms with Crippen LogP contribution >= 0.6 is 23.1 Å². The monoisotopic (exact) mass is 320 g/mol. The predicted octanol–water partition coefficient (Wildman–Crippen LogP) is 3.61. The maximum Gasteiger partial charge on any atom is 0.238 e. The van der Waals surface area contributed by atoms with E-state index < -0.39 is 0 Å². The van der Waals surface area contributed by atoms with Gasteiger partial charge in [-0.1, -0.05) is 30.3 Å². The Labute approximate surface area is 132 Å².